The first-order chi connectivity index (χ1) is 9.99. The van der Waals surface area contributed by atoms with Gasteiger partial charge in [0, 0.05) is 5.56 Å². The van der Waals surface area contributed by atoms with E-state index in [1.54, 1.807) is 6.33 Å². The lowest BCUT2D eigenvalue weighted by molar-refractivity contribution is 0.825. The molecule has 21 heavy (non-hydrogen) atoms. The molecule has 0 aliphatic carbocycles. The van der Waals surface area contributed by atoms with Gasteiger partial charge in [-0.1, -0.05) is 13.8 Å². The maximum Gasteiger partial charge on any atom is 0.147 e. The van der Waals surface area contributed by atoms with Crippen LogP contribution in [0.5, 0.6) is 0 Å². The van der Waals surface area contributed by atoms with Crippen molar-refractivity contribution >= 4 is 16.9 Å². The van der Waals surface area contributed by atoms with Crippen LogP contribution in [0.1, 0.15) is 36.5 Å². The van der Waals surface area contributed by atoms with Crippen LogP contribution < -0.4 is 5.73 Å². The van der Waals surface area contributed by atoms with Crippen LogP contribution in [-0.2, 0) is 0 Å². The Morgan fingerprint density at radius 3 is 2.48 bits per heavy atom. The van der Waals surface area contributed by atoms with Crippen LogP contribution in [0.4, 0.5) is 5.82 Å². The number of nitrogens with zero attached hydrogens (tertiary/aromatic N) is 4. The zero-order chi connectivity index (χ0) is 15.1. The first-order valence-electron chi connectivity index (χ1n) is 7.04. The van der Waals surface area contributed by atoms with Gasteiger partial charge in [-0.3, -0.25) is 4.57 Å². The molecule has 0 saturated carbocycles. The van der Waals surface area contributed by atoms with Crippen LogP contribution in [0.2, 0.25) is 0 Å². The highest BCUT2D eigenvalue weighted by Gasteiger charge is 2.16. The number of aryl methyl sites for hydroxylation is 2. The molecule has 5 nitrogen and oxygen atoms in total. The van der Waals surface area contributed by atoms with E-state index in [2.05, 4.69) is 54.8 Å². The third-order valence-electron chi connectivity index (χ3n) is 3.86. The molecular weight excluding hydrogens is 262 g/mol. The summed E-state index contributed by atoms with van der Waals surface area (Å²) in [4.78, 5) is 13.0. The number of imidazole rings is 1. The summed E-state index contributed by atoms with van der Waals surface area (Å²) in [5, 5.41) is 0. The SMILES string of the molecule is Cc1cc2ncn(-c3ncnc(N)c3C(C)C)c2cc1C. The molecule has 5 heteroatoms. The maximum absolute atomic E-state index is 6.04. The van der Waals surface area contributed by atoms with Crippen molar-refractivity contribution in [2.75, 3.05) is 5.73 Å². The molecule has 0 fully saturated rings. The van der Waals surface area contributed by atoms with Gasteiger partial charge in [0.1, 0.15) is 24.3 Å². The second-order valence-electron chi connectivity index (χ2n) is 5.69. The van der Waals surface area contributed by atoms with Crippen molar-refractivity contribution in [3.8, 4) is 5.82 Å². The van der Waals surface area contributed by atoms with E-state index in [0.29, 0.717) is 5.82 Å². The lowest BCUT2D eigenvalue weighted by Gasteiger charge is -2.14. The minimum Gasteiger partial charge on any atom is -0.383 e. The molecule has 0 radical (unpaired) electrons. The van der Waals surface area contributed by atoms with Crippen LogP contribution >= 0.6 is 0 Å². The predicted octanol–water partition coefficient (Wildman–Crippen LogP) is 3.14. The molecule has 3 aromatic rings. The number of aromatic nitrogens is 4. The molecule has 3 rings (SSSR count). The Labute approximate surface area is 123 Å². The molecule has 2 aromatic heterocycles. The van der Waals surface area contributed by atoms with Gasteiger partial charge in [-0.15, -0.1) is 0 Å². The summed E-state index contributed by atoms with van der Waals surface area (Å²) in [7, 11) is 0. The molecule has 0 amide bonds. The summed E-state index contributed by atoms with van der Waals surface area (Å²) in [5.41, 5.74) is 11.5. The van der Waals surface area contributed by atoms with Crippen LogP contribution in [0, 0.1) is 13.8 Å². The first-order valence-corrected chi connectivity index (χ1v) is 7.04. The van der Waals surface area contributed by atoms with Gasteiger partial charge < -0.3 is 5.73 Å². The number of hydrogen-bond acceptors (Lipinski definition) is 4. The minimum absolute atomic E-state index is 0.241. The Balaban J connectivity index is 2.31. The molecule has 0 bridgehead atoms. The Bertz CT molecular complexity index is 817. The Morgan fingerprint density at radius 1 is 1.05 bits per heavy atom. The fraction of sp³-hybridized carbons (Fsp3) is 0.312. The van der Waals surface area contributed by atoms with E-state index in [-0.39, 0.29) is 5.92 Å². The average molecular weight is 281 g/mol. The topological polar surface area (TPSA) is 69.6 Å². The van der Waals surface area contributed by atoms with E-state index in [0.717, 1.165) is 22.4 Å². The second-order valence-corrected chi connectivity index (χ2v) is 5.69. The molecule has 0 atom stereocenters. The van der Waals surface area contributed by atoms with E-state index in [9.17, 15) is 0 Å². The molecule has 108 valence electrons. The lowest BCUT2D eigenvalue weighted by Crippen LogP contribution is -2.08. The number of anilines is 1. The third kappa shape index (κ3) is 2.14. The number of nitrogen functional groups attached to an aromatic ring is 1. The molecule has 0 saturated heterocycles. The van der Waals surface area contributed by atoms with E-state index in [4.69, 9.17) is 5.73 Å². The van der Waals surface area contributed by atoms with Crippen LogP contribution in [0.15, 0.2) is 24.8 Å². The van der Waals surface area contributed by atoms with Gasteiger partial charge in [0.15, 0.2) is 0 Å². The number of hydrogen-bond donors (Lipinski definition) is 1. The van der Waals surface area contributed by atoms with E-state index < -0.39 is 0 Å². The van der Waals surface area contributed by atoms with Crippen molar-refractivity contribution in [2.24, 2.45) is 0 Å². The lowest BCUT2D eigenvalue weighted by atomic mass is 10.0. The average Bonchev–Trinajstić information content (AvgIpc) is 2.81. The van der Waals surface area contributed by atoms with Gasteiger partial charge in [-0.25, -0.2) is 15.0 Å². The van der Waals surface area contributed by atoms with E-state index in [1.807, 2.05) is 4.57 Å². The maximum atomic E-state index is 6.04. The summed E-state index contributed by atoms with van der Waals surface area (Å²) in [6.45, 7) is 8.37. The molecule has 0 unspecified atom stereocenters. The molecule has 0 aliphatic heterocycles. The second kappa shape index (κ2) is 4.84. The van der Waals surface area contributed by atoms with Crippen LogP contribution in [-0.4, -0.2) is 19.5 Å². The first kappa shape index (κ1) is 13.5. The van der Waals surface area contributed by atoms with Gasteiger partial charge in [-0.05, 0) is 43.0 Å². The number of nitrogens with two attached hydrogens (primary N) is 1. The van der Waals surface area contributed by atoms with Crippen molar-refractivity contribution in [3.63, 3.8) is 0 Å². The van der Waals surface area contributed by atoms with Gasteiger partial charge in [0.25, 0.3) is 0 Å². The zero-order valence-electron chi connectivity index (χ0n) is 12.8. The van der Waals surface area contributed by atoms with E-state index >= 15 is 0 Å². The summed E-state index contributed by atoms with van der Waals surface area (Å²) < 4.78 is 2.00. The fourth-order valence-corrected chi connectivity index (χ4v) is 2.58. The predicted molar refractivity (Wildman–Crippen MR) is 84.6 cm³/mol. The standard InChI is InChI=1S/C16H19N5/c1-9(2)14-15(17)18-7-19-16(14)21-8-20-12-5-10(3)11(4)6-13(12)21/h5-9H,1-4H3,(H2,17,18,19). The molecular formula is C16H19N5. The van der Waals surface area contributed by atoms with Crippen molar-refractivity contribution in [2.45, 2.75) is 33.6 Å². The summed E-state index contributed by atoms with van der Waals surface area (Å²) in [5.74, 6) is 1.58. The number of rotatable bonds is 2. The smallest absolute Gasteiger partial charge is 0.147 e. The fourth-order valence-electron chi connectivity index (χ4n) is 2.58. The van der Waals surface area contributed by atoms with Gasteiger partial charge >= 0.3 is 0 Å². The number of benzene rings is 1. The molecule has 2 N–H and O–H groups in total. The minimum atomic E-state index is 0.241. The highest BCUT2D eigenvalue weighted by atomic mass is 15.1. The van der Waals surface area contributed by atoms with Crippen LogP contribution in [0.3, 0.4) is 0 Å². The Kier molecular flexibility index (Phi) is 3.12. The summed E-state index contributed by atoms with van der Waals surface area (Å²) in [6.07, 6.45) is 3.31. The van der Waals surface area contributed by atoms with Crippen molar-refractivity contribution in [1.29, 1.82) is 0 Å². The highest BCUT2D eigenvalue weighted by Crippen LogP contribution is 2.28. The van der Waals surface area contributed by atoms with Gasteiger partial charge in [-0.2, -0.15) is 0 Å². The Hall–Kier alpha value is -2.43. The van der Waals surface area contributed by atoms with Crippen molar-refractivity contribution in [1.82, 2.24) is 19.5 Å². The monoisotopic (exact) mass is 281 g/mol. The normalized spacial score (nSPS) is 11.5. The quantitative estimate of drug-likeness (QED) is 0.783. The molecule has 2 heterocycles. The van der Waals surface area contributed by atoms with Crippen LogP contribution in [0.25, 0.3) is 16.9 Å². The molecule has 0 aliphatic rings. The van der Waals surface area contributed by atoms with Gasteiger partial charge in [0.05, 0.1) is 11.0 Å². The van der Waals surface area contributed by atoms with Crippen molar-refractivity contribution < 1.29 is 0 Å². The van der Waals surface area contributed by atoms with E-state index in [1.165, 1.54) is 17.5 Å². The van der Waals surface area contributed by atoms with Gasteiger partial charge in [0.2, 0.25) is 0 Å². The molecule has 0 spiro atoms. The van der Waals surface area contributed by atoms with Crippen molar-refractivity contribution in [3.05, 3.63) is 41.5 Å². The Morgan fingerprint density at radius 2 is 1.76 bits per heavy atom. The zero-order valence-corrected chi connectivity index (χ0v) is 12.8. The summed E-state index contributed by atoms with van der Waals surface area (Å²) >= 11 is 0. The third-order valence-corrected chi connectivity index (χ3v) is 3.86. The number of fused-ring (bicyclic) bond motifs is 1. The largest absolute Gasteiger partial charge is 0.383 e. The highest BCUT2D eigenvalue weighted by molar-refractivity contribution is 5.79. The molecule has 1 aromatic carbocycles. The summed E-state index contributed by atoms with van der Waals surface area (Å²) in [6, 6.07) is 4.24.